The molecule has 0 unspecified atom stereocenters. The molecule has 164 valence electrons. The Morgan fingerprint density at radius 3 is 2.68 bits per heavy atom. The number of alkyl halides is 3. The van der Waals surface area contributed by atoms with Gasteiger partial charge in [-0.05, 0) is 30.2 Å². The lowest BCUT2D eigenvalue weighted by Gasteiger charge is -2.15. The minimum atomic E-state index is -4.62. The van der Waals surface area contributed by atoms with E-state index in [4.69, 9.17) is 16.3 Å². The largest absolute Gasteiger partial charge is 0.452 e. The van der Waals surface area contributed by atoms with Gasteiger partial charge in [-0.1, -0.05) is 23.7 Å². The lowest BCUT2D eigenvalue weighted by molar-refractivity contribution is -0.137. The van der Waals surface area contributed by atoms with Crippen molar-refractivity contribution in [1.29, 1.82) is 0 Å². The maximum Gasteiger partial charge on any atom is 0.417 e. The molecule has 11 heteroatoms. The Morgan fingerprint density at radius 2 is 2.03 bits per heavy atom. The average Bonchev–Trinajstić information content (AvgIpc) is 3.11. The number of rotatable bonds is 6. The number of carbonyl (C=O) groups is 3. The van der Waals surface area contributed by atoms with E-state index in [1.165, 1.54) is 6.07 Å². The molecule has 0 atom stereocenters. The standard InChI is InChI=1S/C20H17ClF3N3O4/c21-15-8-14(20(22,23)24)9-25-18(15)26-16(28)11-31-19(30)13-4-1-3-12(7-13)10-27-6-2-5-17(27)29/h1,3-4,7-9H,2,5-6,10-11H2,(H,25,26,28). The number of anilines is 1. The highest BCUT2D eigenvalue weighted by Crippen LogP contribution is 2.32. The van der Waals surface area contributed by atoms with Crippen molar-refractivity contribution in [3.8, 4) is 0 Å². The van der Waals surface area contributed by atoms with Gasteiger partial charge in [-0.3, -0.25) is 9.59 Å². The molecule has 1 aromatic carbocycles. The molecule has 2 aromatic rings. The maximum atomic E-state index is 12.6. The molecule has 1 fully saturated rings. The number of benzene rings is 1. The van der Waals surface area contributed by atoms with E-state index in [1.807, 2.05) is 0 Å². The first-order valence-corrected chi connectivity index (χ1v) is 9.57. The van der Waals surface area contributed by atoms with E-state index in [-0.39, 0.29) is 17.3 Å². The van der Waals surface area contributed by atoms with Gasteiger partial charge in [-0.15, -0.1) is 0 Å². The number of halogens is 4. The highest BCUT2D eigenvalue weighted by molar-refractivity contribution is 6.33. The molecule has 1 N–H and O–H groups in total. The number of carbonyl (C=O) groups excluding carboxylic acids is 3. The van der Waals surface area contributed by atoms with Crippen LogP contribution in [0.1, 0.15) is 34.3 Å². The first-order valence-electron chi connectivity index (χ1n) is 9.20. The molecule has 1 aromatic heterocycles. The van der Waals surface area contributed by atoms with E-state index in [2.05, 4.69) is 10.3 Å². The van der Waals surface area contributed by atoms with E-state index in [0.29, 0.717) is 31.8 Å². The third-order valence-electron chi connectivity index (χ3n) is 4.47. The highest BCUT2D eigenvalue weighted by Gasteiger charge is 2.31. The van der Waals surface area contributed by atoms with E-state index in [0.717, 1.165) is 12.0 Å². The number of nitrogens with zero attached hydrogens (tertiary/aromatic N) is 2. The van der Waals surface area contributed by atoms with Crippen molar-refractivity contribution in [2.24, 2.45) is 0 Å². The zero-order valence-electron chi connectivity index (χ0n) is 16.0. The van der Waals surface area contributed by atoms with Crippen molar-refractivity contribution < 1.29 is 32.3 Å². The summed E-state index contributed by atoms with van der Waals surface area (Å²) in [6.45, 7) is 0.347. The van der Waals surface area contributed by atoms with Gasteiger partial charge in [-0.2, -0.15) is 13.2 Å². The van der Waals surface area contributed by atoms with E-state index in [9.17, 15) is 27.6 Å². The summed E-state index contributed by atoms with van der Waals surface area (Å²) in [4.78, 5) is 41.1. The Kier molecular flexibility index (Phi) is 6.79. The number of hydrogen-bond acceptors (Lipinski definition) is 5. The van der Waals surface area contributed by atoms with Crippen molar-refractivity contribution in [2.75, 3.05) is 18.5 Å². The van der Waals surface area contributed by atoms with E-state index < -0.39 is 35.2 Å². The van der Waals surface area contributed by atoms with Gasteiger partial charge in [0.05, 0.1) is 16.1 Å². The Bertz CT molecular complexity index is 1010. The van der Waals surface area contributed by atoms with Gasteiger partial charge in [0.25, 0.3) is 5.91 Å². The highest BCUT2D eigenvalue weighted by atomic mass is 35.5. The third kappa shape index (κ3) is 5.94. The number of pyridine rings is 1. The monoisotopic (exact) mass is 455 g/mol. The number of ether oxygens (including phenoxy) is 1. The van der Waals surface area contributed by atoms with Gasteiger partial charge in [0.15, 0.2) is 12.4 Å². The molecular weight excluding hydrogens is 439 g/mol. The Balaban J connectivity index is 1.55. The summed E-state index contributed by atoms with van der Waals surface area (Å²) in [5.74, 6) is -1.81. The lowest BCUT2D eigenvalue weighted by Crippen LogP contribution is -2.24. The zero-order chi connectivity index (χ0) is 22.6. The summed E-state index contributed by atoms with van der Waals surface area (Å²) >= 11 is 5.72. The van der Waals surface area contributed by atoms with Crippen molar-refractivity contribution >= 4 is 35.2 Å². The Morgan fingerprint density at radius 1 is 1.26 bits per heavy atom. The van der Waals surface area contributed by atoms with Crippen LogP contribution in [0.25, 0.3) is 0 Å². The predicted octanol–water partition coefficient (Wildman–Crippen LogP) is 3.67. The second-order valence-corrected chi connectivity index (χ2v) is 7.20. The second kappa shape index (κ2) is 9.34. The molecule has 2 amide bonds. The second-order valence-electron chi connectivity index (χ2n) is 6.80. The fraction of sp³-hybridized carbons (Fsp3) is 0.300. The quantitative estimate of drug-likeness (QED) is 0.671. The first-order chi connectivity index (χ1) is 14.6. The molecule has 0 saturated carbocycles. The van der Waals surface area contributed by atoms with Crippen LogP contribution in [0, 0.1) is 0 Å². The molecule has 31 heavy (non-hydrogen) atoms. The molecular formula is C20H17ClF3N3O4. The van der Waals surface area contributed by atoms with Crippen molar-refractivity contribution in [3.05, 3.63) is 58.2 Å². The Labute approximate surface area is 180 Å². The van der Waals surface area contributed by atoms with Crippen LogP contribution in [0.5, 0.6) is 0 Å². The van der Waals surface area contributed by atoms with Crippen molar-refractivity contribution in [3.63, 3.8) is 0 Å². The number of likely N-dealkylation sites (tertiary alicyclic amines) is 1. The molecule has 0 bridgehead atoms. The summed E-state index contributed by atoms with van der Waals surface area (Å²) in [6, 6.07) is 7.11. The summed E-state index contributed by atoms with van der Waals surface area (Å²) < 4.78 is 42.8. The van der Waals surface area contributed by atoms with Gasteiger partial charge < -0.3 is 15.0 Å². The summed E-state index contributed by atoms with van der Waals surface area (Å²) in [5.41, 5.74) is -0.116. The van der Waals surface area contributed by atoms with Crippen LogP contribution in [0.2, 0.25) is 5.02 Å². The first kappa shape index (κ1) is 22.5. The van der Waals surface area contributed by atoms with Gasteiger partial charge in [0.2, 0.25) is 5.91 Å². The topological polar surface area (TPSA) is 88.6 Å². The molecule has 0 spiro atoms. The Hall–Kier alpha value is -3.14. The maximum absolute atomic E-state index is 12.6. The molecule has 0 radical (unpaired) electrons. The molecule has 2 heterocycles. The fourth-order valence-corrected chi connectivity index (χ4v) is 3.17. The summed E-state index contributed by atoms with van der Waals surface area (Å²) in [7, 11) is 0. The van der Waals surface area contributed by atoms with Crippen LogP contribution < -0.4 is 5.32 Å². The molecule has 1 aliphatic heterocycles. The van der Waals surface area contributed by atoms with Crippen molar-refractivity contribution in [1.82, 2.24) is 9.88 Å². The van der Waals surface area contributed by atoms with Crippen LogP contribution in [0.15, 0.2) is 36.5 Å². The number of hydrogen-bond donors (Lipinski definition) is 1. The minimum absolute atomic E-state index is 0.0557. The van der Waals surface area contributed by atoms with Gasteiger partial charge in [-0.25, -0.2) is 9.78 Å². The van der Waals surface area contributed by atoms with Gasteiger partial charge >= 0.3 is 12.1 Å². The lowest BCUT2D eigenvalue weighted by atomic mass is 10.1. The van der Waals surface area contributed by atoms with E-state index in [1.54, 1.807) is 23.1 Å². The SMILES string of the molecule is O=C(COC(=O)c1cccc(CN2CCCC2=O)c1)Nc1ncc(C(F)(F)F)cc1Cl. The zero-order valence-corrected chi connectivity index (χ0v) is 16.8. The number of amides is 2. The van der Waals surface area contributed by atoms with Gasteiger partial charge in [0.1, 0.15) is 0 Å². The molecule has 0 aliphatic carbocycles. The van der Waals surface area contributed by atoms with Crippen LogP contribution in [0.3, 0.4) is 0 Å². The van der Waals surface area contributed by atoms with Crippen LogP contribution >= 0.6 is 11.6 Å². The van der Waals surface area contributed by atoms with Crippen molar-refractivity contribution in [2.45, 2.75) is 25.6 Å². The van der Waals surface area contributed by atoms with Gasteiger partial charge in [0, 0.05) is 25.7 Å². The number of nitrogens with one attached hydrogen (secondary N) is 1. The van der Waals surface area contributed by atoms with Crippen LogP contribution in [0.4, 0.5) is 19.0 Å². The summed E-state index contributed by atoms with van der Waals surface area (Å²) in [6.07, 6.45) is -2.78. The normalized spacial score (nSPS) is 13.9. The van der Waals surface area contributed by atoms with Crippen LogP contribution in [-0.4, -0.2) is 40.8 Å². The predicted molar refractivity (Wildman–Crippen MR) is 104 cm³/mol. The summed E-state index contributed by atoms with van der Waals surface area (Å²) in [5, 5.41) is 1.79. The minimum Gasteiger partial charge on any atom is -0.452 e. The smallest absolute Gasteiger partial charge is 0.417 e. The van der Waals surface area contributed by atoms with Crippen LogP contribution in [-0.2, 0) is 27.0 Å². The average molecular weight is 456 g/mol. The molecule has 1 saturated heterocycles. The molecule has 7 nitrogen and oxygen atoms in total. The fourth-order valence-electron chi connectivity index (χ4n) is 2.96. The number of esters is 1. The molecule has 1 aliphatic rings. The van der Waals surface area contributed by atoms with E-state index >= 15 is 0 Å². The number of aromatic nitrogens is 1. The third-order valence-corrected chi connectivity index (χ3v) is 4.76. The molecule has 3 rings (SSSR count).